The average Bonchev–Trinajstić information content (AvgIpc) is 2.40. The molecule has 0 amide bonds. The van der Waals surface area contributed by atoms with Crippen LogP contribution in [0.2, 0.25) is 0 Å². The lowest BCUT2D eigenvalue weighted by atomic mass is 9.90. The van der Waals surface area contributed by atoms with Gasteiger partial charge in [0.05, 0.1) is 6.61 Å². The predicted molar refractivity (Wildman–Crippen MR) is 69.4 cm³/mol. The standard InChI is InChI=1S/C12H12BrFN2O3/c1-2-19-11(17)10(16-15)12(18,7-13)8-3-5-9(14)6-4-8/h3-6,18H,2,7H2,1H3. The van der Waals surface area contributed by atoms with E-state index in [9.17, 15) is 14.3 Å². The summed E-state index contributed by atoms with van der Waals surface area (Å²) in [5.41, 5.74) is 6.66. The SMILES string of the molecule is CCOC(=O)C(=[N+]=[N-])C(O)(CBr)c1ccc(F)cc1. The van der Waals surface area contributed by atoms with Crippen LogP contribution in [0.1, 0.15) is 12.5 Å². The molecule has 0 aliphatic heterocycles. The molecule has 0 aromatic heterocycles. The van der Waals surface area contributed by atoms with Crippen molar-refractivity contribution in [1.82, 2.24) is 0 Å². The summed E-state index contributed by atoms with van der Waals surface area (Å²) >= 11 is 3.04. The van der Waals surface area contributed by atoms with Crippen molar-refractivity contribution in [1.29, 1.82) is 0 Å². The van der Waals surface area contributed by atoms with E-state index < -0.39 is 23.1 Å². The molecule has 1 N–H and O–H groups in total. The lowest BCUT2D eigenvalue weighted by Gasteiger charge is -2.20. The normalized spacial score (nSPS) is 13.3. The van der Waals surface area contributed by atoms with Gasteiger partial charge in [0.25, 0.3) is 0 Å². The minimum atomic E-state index is -1.91. The summed E-state index contributed by atoms with van der Waals surface area (Å²) in [5.74, 6) is -1.43. The maximum absolute atomic E-state index is 12.9. The van der Waals surface area contributed by atoms with Crippen LogP contribution in [0.15, 0.2) is 24.3 Å². The van der Waals surface area contributed by atoms with Crippen molar-refractivity contribution in [2.24, 2.45) is 0 Å². The van der Waals surface area contributed by atoms with Crippen LogP contribution in [0.5, 0.6) is 0 Å². The number of aliphatic hydroxyl groups is 1. The summed E-state index contributed by atoms with van der Waals surface area (Å²) in [6.45, 7) is 1.65. The van der Waals surface area contributed by atoms with Gasteiger partial charge in [-0.05, 0) is 24.6 Å². The number of carbonyl (C=O) groups is 1. The van der Waals surface area contributed by atoms with Crippen molar-refractivity contribution in [2.75, 3.05) is 11.9 Å². The van der Waals surface area contributed by atoms with Crippen LogP contribution in [-0.4, -0.2) is 33.5 Å². The smallest absolute Gasteiger partial charge is 0.420 e. The number of benzene rings is 1. The van der Waals surface area contributed by atoms with Gasteiger partial charge in [-0.3, -0.25) is 0 Å². The lowest BCUT2D eigenvalue weighted by molar-refractivity contribution is -0.143. The van der Waals surface area contributed by atoms with Crippen LogP contribution in [0.4, 0.5) is 4.39 Å². The molecule has 7 heteroatoms. The first kappa shape index (κ1) is 15.5. The molecular weight excluding hydrogens is 319 g/mol. The van der Waals surface area contributed by atoms with Crippen LogP contribution in [-0.2, 0) is 15.1 Å². The highest BCUT2D eigenvalue weighted by molar-refractivity contribution is 9.09. The van der Waals surface area contributed by atoms with Crippen molar-refractivity contribution >= 4 is 27.6 Å². The van der Waals surface area contributed by atoms with E-state index in [1.165, 1.54) is 12.1 Å². The first-order valence-corrected chi connectivity index (χ1v) is 6.55. The number of alkyl halides is 1. The van der Waals surface area contributed by atoms with Crippen molar-refractivity contribution in [3.63, 3.8) is 0 Å². The van der Waals surface area contributed by atoms with Gasteiger partial charge in [0.15, 0.2) is 0 Å². The Hall–Kier alpha value is -1.56. The first-order chi connectivity index (χ1) is 8.99. The topological polar surface area (TPSA) is 82.9 Å². The Kier molecular flexibility index (Phi) is 5.35. The van der Waals surface area contributed by atoms with Gasteiger partial charge in [-0.1, -0.05) is 28.1 Å². The fourth-order valence-corrected chi connectivity index (χ4v) is 2.08. The van der Waals surface area contributed by atoms with Crippen LogP contribution in [0.3, 0.4) is 0 Å². The third-order valence-corrected chi connectivity index (χ3v) is 3.29. The van der Waals surface area contributed by atoms with Gasteiger partial charge < -0.3 is 15.4 Å². The van der Waals surface area contributed by atoms with E-state index in [-0.39, 0.29) is 17.5 Å². The van der Waals surface area contributed by atoms with Gasteiger partial charge in [0.2, 0.25) is 5.60 Å². The van der Waals surface area contributed by atoms with Gasteiger partial charge in [0.1, 0.15) is 5.82 Å². The molecule has 19 heavy (non-hydrogen) atoms. The van der Waals surface area contributed by atoms with E-state index in [0.29, 0.717) is 0 Å². The summed E-state index contributed by atoms with van der Waals surface area (Å²) < 4.78 is 17.6. The second-order valence-corrected chi connectivity index (χ2v) is 4.23. The van der Waals surface area contributed by atoms with Gasteiger partial charge in [-0.2, -0.15) is 4.79 Å². The van der Waals surface area contributed by atoms with E-state index in [4.69, 9.17) is 10.3 Å². The lowest BCUT2D eigenvalue weighted by Crippen LogP contribution is -2.43. The number of nitrogens with zero attached hydrogens (tertiary/aromatic N) is 2. The van der Waals surface area contributed by atoms with Gasteiger partial charge in [0, 0.05) is 5.33 Å². The molecule has 1 unspecified atom stereocenters. The molecule has 0 saturated heterocycles. The Balaban J connectivity index is 3.25. The number of carbonyl (C=O) groups excluding carboxylic acids is 1. The second-order valence-electron chi connectivity index (χ2n) is 3.67. The maximum atomic E-state index is 12.9. The molecule has 0 spiro atoms. The molecule has 1 aromatic rings. The number of halogens is 2. The molecule has 0 aliphatic rings. The molecule has 1 rings (SSSR count). The molecule has 0 fully saturated rings. The highest BCUT2D eigenvalue weighted by atomic mass is 79.9. The van der Waals surface area contributed by atoms with Crippen LogP contribution in [0.25, 0.3) is 5.53 Å². The van der Waals surface area contributed by atoms with Crippen LogP contribution in [0, 0.1) is 5.82 Å². The summed E-state index contributed by atoms with van der Waals surface area (Å²) in [6.07, 6.45) is 0. The Morgan fingerprint density at radius 1 is 1.53 bits per heavy atom. The highest BCUT2D eigenvalue weighted by Crippen LogP contribution is 2.25. The van der Waals surface area contributed by atoms with Gasteiger partial charge in [-0.15, -0.1) is 0 Å². The molecule has 102 valence electrons. The minimum absolute atomic E-state index is 0.0691. The average molecular weight is 331 g/mol. The molecule has 0 bridgehead atoms. The van der Waals surface area contributed by atoms with Gasteiger partial charge >= 0.3 is 11.7 Å². The highest BCUT2D eigenvalue weighted by Gasteiger charge is 2.47. The molecule has 1 atom stereocenters. The van der Waals surface area contributed by atoms with Crippen LogP contribution < -0.4 is 0 Å². The fraction of sp³-hybridized carbons (Fsp3) is 0.333. The Morgan fingerprint density at radius 3 is 2.53 bits per heavy atom. The maximum Gasteiger partial charge on any atom is 0.420 e. The Labute approximate surface area is 117 Å². The zero-order valence-electron chi connectivity index (χ0n) is 10.1. The van der Waals surface area contributed by atoms with Crippen molar-refractivity contribution in [2.45, 2.75) is 12.5 Å². The molecular formula is C12H12BrFN2O3. The summed E-state index contributed by atoms with van der Waals surface area (Å²) in [6, 6.07) is 4.84. The molecule has 1 aromatic carbocycles. The van der Waals surface area contributed by atoms with Crippen molar-refractivity contribution in [3.8, 4) is 0 Å². The first-order valence-electron chi connectivity index (χ1n) is 5.43. The molecule has 0 aliphatic carbocycles. The quantitative estimate of drug-likeness (QED) is 0.293. The number of esters is 1. The largest absolute Gasteiger partial charge is 0.457 e. The summed E-state index contributed by atoms with van der Waals surface area (Å²) in [7, 11) is 0. The molecule has 0 saturated carbocycles. The Morgan fingerprint density at radius 2 is 2.11 bits per heavy atom. The van der Waals surface area contributed by atoms with E-state index in [1.807, 2.05) is 0 Å². The van der Waals surface area contributed by atoms with Crippen LogP contribution >= 0.6 is 15.9 Å². The molecule has 0 radical (unpaired) electrons. The number of rotatable bonds is 5. The summed E-state index contributed by atoms with van der Waals surface area (Å²) in [4.78, 5) is 14.5. The second kappa shape index (κ2) is 6.56. The van der Waals surface area contributed by atoms with E-state index in [0.717, 1.165) is 12.1 Å². The summed E-state index contributed by atoms with van der Waals surface area (Å²) in [5, 5.41) is 10.4. The van der Waals surface area contributed by atoms with Crippen molar-refractivity contribution in [3.05, 3.63) is 41.2 Å². The van der Waals surface area contributed by atoms with Gasteiger partial charge in [-0.25, -0.2) is 9.18 Å². The van der Waals surface area contributed by atoms with E-state index in [1.54, 1.807) is 6.92 Å². The number of ether oxygens (including phenoxy) is 1. The fourth-order valence-electron chi connectivity index (χ4n) is 1.49. The zero-order valence-corrected chi connectivity index (χ0v) is 11.7. The Bertz CT molecular complexity index is 514. The minimum Gasteiger partial charge on any atom is -0.457 e. The molecule has 5 nitrogen and oxygen atoms in total. The zero-order chi connectivity index (χ0) is 14.5. The number of hydrogen-bond acceptors (Lipinski definition) is 3. The van der Waals surface area contributed by atoms with E-state index >= 15 is 0 Å². The van der Waals surface area contributed by atoms with Crippen molar-refractivity contribution < 1.29 is 23.8 Å². The predicted octanol–water partition coefficient (Wildman–Crippen LogP) is 1.64. The third kappa shape index (κ3) is 3.26. The molecule has 0 heterocycles. The monoisotopic (exact) mass is 330 g/mol. The van der Waals surface area contributed by atoms with E-state index in [2.05, 4.69) is 20.7 Å². The third-order valence-electron chi connectivity index (χ3n) is 2.48. The number of hydrogen-bond donors (Lipinski definition) is 1.